The van der Waals surface area contributed by atoms with Crippen LogP contribution in [0.25, 0.3) is 0 Å². The van der Waals surface area contributed by atoms with Gasteiger partial charge >= 0.3 is 0 Å². The number of hydrogen-bond donors (Lipinski definition) is 1. The van der Waals surface area contributed by atoms with Gasteiger partial charge in [0.25, 0.3) is 0 Å². The zero-order valence-electron chi connectivity index (χ0n) is 15.5. The second-order valence-electron chi connectivity index (χ2n) is 7.69. The second kappa shape index (κ2) is 8.67. The van der Waals surface area contributed by atoms with E-state index in [1.807, 2.05) is 0 Å². The molecule has 25 heavy (non-hydrogen) atoms. The Hall–Kier alpha value is -1.60. The van der Waals surface area contributed by atoms with Crippen molar-refractivity contribution < 1.29 is 14.1 Å². The number of carbonyl (C=O) groups is 2. The van der Waals surface area contributed by atoms with Crippen molar-refractivity contribution >= 4 is 35.4 Å². The number of amides is 2. The van der Waals surface area contributed by atoms with Crippen LogP contribution in [0.5, 0.6) is 0 Å². The molecule has 0 aromatic rings. The molecule has 0 aromatic heterocycles. The van der Waals surface area contributed by atoms with Crippen molar-refractivity contribution in [1.29, 1.82) is 0 Å². The van der Waals surface area contributed by atoms with Crippen LogP contribution in [0.2, 0.25) is 0 Å². The molecule has 0 bridgehead atoms. The molecule has 1 aliphatic heterocycles. The van der Waals surface area contributed by atoms with E-state index >= 15 is 0 Å². The van der Waals surface area contributed by atoms with Gasteiger partial charge in [0.1, 0.15) is 0 Å². The van der Waals surface area contributed by atoms with Gasteiger partial charge < -0.3 is 9.80 Å². The largest absolute Gasteiger partial charge is 0.329 e. The fourth-order valence-corrected chi connectivity index (χ4v) is 3.18. The summed E-state index contributed by atoms with van der Waals surface area (Å²) in [4.78, 5) is 30.6. The molecule has 0 saturated carbocycles. The molecule has 7 heteroatoms. The monoisotopic (exact) mass is 365 g/mol. The van der Waals surface area contributed by atoms with Crippen molar-refractivity contribution in [2.24, 2.45) is 10.9 Å². The lowest BCUT2D eigenvalue weighted by molar-refractivity contribution is -0.868. The standard InChI is InChI=1S/C18H28N4O2S/c1-22(2,3)12-10-19-13-15-16(23)20-18(25)21(17(15)24)11-9-14-7-5-4-6-8-14/h7,13,15H,4-6,8-12H2,1-3H3/p+1. The van der Waals surface area contributed by atoms with Crippen LogP contribution in [0.15, 0.2) is 16.6 Å². The van der Waals surface area contributed by atoms with Gasteiger partial charge in [0.15, 0.2) is 11.0 Å². The average Bonchev–Trinajstić information content (AvgIpc) is 2.53. The number of thiocarbonyl (C=S) groups is 1. The predicted octanol–water partition coefficient (Wildman–Crippen LogP) is 1.51. The summed E-state index contributed by atoms with van der Waals surface area (Å²) in [5, 5.41) is 2.85. The lowest BCUT2D eigenvalue weighted by Crippen LogP contribution is -2.58. The molecule has 0 aromatic carbocycles. The van der Waals surface area contributed by atoms with Crippen molar-refractivity contribution in [1.82, 2.24) is 10.2 Å². The number of quaternary nitrogens is 1. The van der Waals surface area contributed by atoms with Gasteiger partial charge in [-0.1, -0.05) is 11.6 Å². The van der Waals surface area contributed by atoms with Gasteiger partial charge in [-0.05, 0) is 44.3 Å². The maximum Gasteiger partial charge on any atom is 0.246 e. The molecular weight excluding hydrogens is 336 g/mol. The van der Waals surface area contributed by atoms with E-state index in [-0.39, 0.29) is 16.9 Å². The van der Waals surface area contributed by atoms with Gasteiger partial charge in [-0.25, -0.2) is 0 Å². The van der Waals surface area contributed by atoms with Gasteiger partial charge in [-0.3, -0.25) is 19.5 Å². The topological polar surface area (TPSA) is 61.8 Å². The van der Waals surface area contributed by atoms with E-state index in [2.05, 4.69) is 37.5 Å². The number of rotatable bonds is 7. The highest BCUT2D eigenvalue weighted by Crippen LogP contribution is 2.21. The minimum Gasteiger partial charge on any atom is -0.329 e. The first-order valence-corrected chi connectivity index (χ1v) is 9.33. The number of hydrogen-bond acceptors (Lipinski definition) is 4. The van der Waals surface area contributed by atoms with E-state index in [0.29, 0.717) is 13.1 Å². The molecule has 2 amide bonds. The molecule has 1 atom stereocenters. The zero-order valence-corrected chi connectivity index (χ0v) is 16.3. The fourth-order valence-electron chi connectivity index (χ4n) is 2.90. The lowest BCUT2D eigenvalue weighted by atomic mass is 9.97. The lowest BCUT2D eigenvalue weighted by Gasteiger charge is -2.31. The number of aliphatic imine (C=N–C) groups is 1. The third-order valence-corrected chi connectivity index (χ3v) is 4.81. The molecule has 1 N–H and O–H groups in total. The number of likely N-dealkylation sites (N-methyl/N-ethyl adjacent to an activating group) is 1. The molecule has 1 heterocycles. The average molecular weight is 366 g/mol. The Morgan fingerprint density at radius 3 is 2.76 bits per heavy atom. The molecule has 1 saturated heterocycles. The summed E-state index contributed by atoms with van der Waals surface area (Å²) in [6.07, 6.45) is 9.22. The highest BCUT2D eigenvalue weighted by atomic mass is 32.1. The normalized spacial score (nSPS) is 22.4. The van der Waals surface area contributed by atoms with Crippen LogP contribution >= 0.6 is 12.2 Å². The maximum atomic E-state index is 12.7. The first-order chi connectivity index (χ1) is 11.8. The molecule has 138 valence electrons. The van der Waals surface area contributed by atoms with Gasteiger partial charge in [0.05, 0.1) is 34.2 Å². The quantitative estimate of drug-likeness (QED) is 0.245. The predicted molar refractivity (Wildman–Crippen MR) is 103 cm³/mol. The number of carbonyl (C=O) groups excluding carboxylic acids is 2. The van der Waals surface area contributed by atoms with Crippen LogP contribution in [0.3, 0.4) is 0 Å². The summed E-state index contributed by atoms with van der Waals surface area (Å²) < 4.78 is 0.785. The smallest absolute Gasteiger partial charge is 0.246 e. The maximum absolute atomic E-state index is 12.7. The van der Waals surface area contributed by atoms with E-state index in [9.17, 15) is 9.59 Å². The van der Waals surface area contributed by atoms with Gasteiger partial charge in [0, 0.05) is 12.8 Å². The summed E-state index contributed by atoms with van der Waals surface area (Å²) in [6, 6.07) is 0. The van der Waals surface area contributed by atoms with Gasteiger partial charge in [-0.2, -0.15) is 0 Å². The van der Waals surface area contributed by atoms with Crippen LogP contribution in [-0.2, 0) is 9.59 Å². The van der Waals surface area contributed by atoms with Crippen molar-refractivity contribution in [3.05, 3.63) is 11.6 Å². The Labute approximate surface area is 155 Å². The van der Waals surface area contributed by atoms with Crippen molar-refractivity contribution in [3.8, 4) is 0 Å². The Bertz CT molecular complexity index is 592. The van der Waals surface area contributed by atoms with Crippen LogP contribution in [-0.4, -0.2) is 73.3 Å². The van der Waals surface area contributed by atoms with Crippen molar-refractivity contribution in [2.45, 2.75) is 32.1 Å². The number of allylic oxidation sites excluding steroid dienone is 1. The summed E-state index contributed by atoms with van der Waals surface area (Å²) in [5.41, 5.74) is 1.38. The third kappa shape index (κ3) is 6.01. The van der Waals surface area contributed by atoms with Gasteiger partial charge in [-0.15, -0.1) is 0 Å². The molecule has 0 spiro atoms. The molecule has 1 aliphatic carbocycles. The van der Waals surface area contributed by atoms with E-state index in [1.165, 1.54) is 29.5 Å². The highest BCUT2D eigenvalue weighted by molar-refractivity contribution is 7.80. The SMILES string of the molecule is C[N+](C)(C)CCN=CC1C(=O)NC(=S)N(CCC2=CCCCC2)C1=O. The zero-order chi connectivity index (χ0) is 18.4. The van der Waals surface area contributed by atoms with E-state index < -0.39 is 5.92 Å². The van der Waals surface area contributed by atoms with E-state index in [1.54, 1.807) is 0 Å². The second-order valence-corrected chi connectivity index (χ2v) is 8.08. The highest BCUT2D eigenvalue weighted by Gasteiger charge is 2.37. The minimum atomic E-state index is -0.875. The van der Waals surface area contributed by atoms with Crippen LogP contribution in [0, 0.1) is 5.92 Å². The molecule has 2 rings (SSSR count). The Morgan fingerprint density at radius 1 is 1.36 bits per heavy atom. The number of nitrogens with one attached hydrogen (secondary N) is 1. The molecule has 6 nitrogen and oxygen atoms in total. The Morgan fingerprint density at radius 2 is 2.12 bits per heavy atom. The van der Waals surface area contributed by atoms with E-state index in [0.717, 1.165) is 30.3 Å². The Kier molecular flexibility index (Phi) is 6.84. The number of nitrogens with zero attached hydrogens (tertiary/aromatic N) is 3. The van der Waals surface area contributed by atoms with Crippen molar-refractivity contribution in [3.63, 3.8) is 0 Å². The van der Waals surface area contributed by atoms with Crippen molar-refractivity contribution in [2.75, 3.05) is 40.8 Å². The Balaban J connectivity index is 1.95. The first kappa shape index (κ1) is 19.7. The summed E-state index contributed by atoms with van der Waals surface area (Å²) in [6.45, 7) is 1.94. The van der Waals surface area contributed by atoms with Crippen LogP contribution < -0.4 is 5.32 Å². The molecular formula is C18H29N4O2S+. The summed E-state index contributed by atoms with van der Waals surface area (Å²) in [7, 11) is 6.23. The van der Waals surface area contributed by atoms with Crippen LogP contribution in [0.4, 0.5) is 0 Å². The summed E-state index contributed by atoms with van der Waals surface area (Å²) >= 11 is 5.19. The molecule has 0 radical (unpaired) electrons. The first-order valence-electron chi connectivity index (χ1n) is 8.92. The third-order valence-electron chi connectivity index (χ3n) is 4.49. The van der Waals surface area contributed by atoms with E-state index in [4.69, 9.17) is 12.2 Å². The molecule has 1 fully saturated rings. The summed E-state index contributed by atoms with van der Waals surface area (Å²) in [5.74, 6) is -1.52. The minimum absolute atomic E-state index is 0.211. The molecule has 2 aliphatic rings. The fraction of sp³-hybridized carbons (Fsp3) is 0.667. The van der Waals surface area contributed by atoms with Crippen LogP contribution in [0.1, 0.15) is 32.1 Å². The van der Waals surface area contributed by atoms with Gasteiger partial charge in [0.2, 0.25) is 11.8 Å². The molecule has 1 unspecified atom stereocenters.